The van der Waals surface area contributed by atoms with Gasteiger partial charge in [-0.05, 0) is 67.3 Å². The van der Waals surface area contributed by atoms with E-state index in [9.17, 15) is 4.79 Å². The summed E-state index contributed by atoms with van der Waals surface area (Å²) in [6, 6.07) is 2.52. The van der Waals surface area contributed by atoms with E-state index in [1.54, 1.807) is 0 Å². The number of hydrogen-bond donors (Lipinski definition) is 0. The van der Waals surface area contributed by atoms with Gasteiger partial charge in [-0.15, -0.1) is 0 Å². The van der Waals surface area contributed by atoms with Crippen LogP contribution in [0.25, 0.3) is 0 Å². The van der Waals surface area contributed by atoms with Crippen LogP contribution in [0, 0.1) is 0 Å². The van der Waals surface area contributed by atoms with Crippen molar-refractivity contribution in [2.24, 2.45) is 0 Å². The molecule has 1 aromatic heterocycles. The fourth-order valence-electron chi connectivity index (χ4n) is 2.51. The minimum absolute atomic E-state index is 0.163. The quantitative estimate of drug-likeness (QED) is 0.715. The first-order valence-electron chi connectivity index (χ1n) is 13.6. The van der Waals surface area contributed by atoms with E-state index in [1.807, 2.05) is 27.7 Å². The first-order valence-corrected chi connectivity index (χ1v) is 9.13. The Morgan fingerprint density at radius 3 is 2.50 bits per heavy atom. The van der Waals surface area contributed by atoms with Gasteiger partial charge >= 0.3 is 13.2 Å². The normalized spacial score (nSPS) is 38.9. The van der Waals surface area contributed by atoms with Gasteiger partial charge in [-0.1, -0.05) is 6.07 Å². The lowest BCUT2D eigenvalue weighted by atomic mass is 9.80. The summed E-state index contributed by atoms with van der Waals surface area (Å²) in [4.78, 5) is 16.9. The molecule has 2 fully saturated rings. The van der Waals surface area contributed by atoms with Crippen LogP contribution in [-0.4, -0.2) is 52.9 Å². The summed E-state index contributed by atoms with van der Waals surface area (Å²) in [6.45, 7) is 4.77. The van der Waals surface area contributed by atoms with Crippen molar-refractivity contribution in [3.63, 3.8) is 0 Å². The van der Waals surface area contributed by atoms with Crippen molar-refractivity contribution in [2.45, 2.75) is 83.9 Å². The number of nitrogens with zero attached hydrogens (tertiary/aromatic N) is 2. The fraction of sp³-hybridized carbons (Fsp3) is 0.714. The van der Waals surface area contributed by atoms with Gasteiger partial charge in [-0.2, -0.15) is 0 Å². The van der Waals surface area contributed by atoms with Crippen molar-refractivity contribution < 1.29 is 31.2 Å². The van der Waals surface area contributed by atoms with Crippen LogP contribution in [-0.2, 0) is 14.0 Å². The number of amides is 1. The number of carbonyl (C=O) groups is 1. The van der Waals surface area contributed by atoms with Crippen molar-refractivity contribution in [1.82, 2.24) is 9.88 Å². The minimum Gasteiger partial charge on any atom is -0.444 e. The number of carbonyl (C=O) groups excluding carboxylic acids is 1. The Labute approximate surface area is 181 Å². The molecule has 0 radical (unpaired) electrons. The van der Waals surface area contributed by atoms with E-state index < -0.39 is 67.3 Å². The highest BCUT2D eigenvalue weighted by Crippen LogP contribution is 2.36. The third-order valence-electron chi connectivity index (χ3n) is 4.72. The van der Waals surface area contributed by atoms with Gasteiger partial charge in [0.1, 0.15) is 5.60 Å². The summed E-state index contributed by atoms with van der Waals surface area (Å²) in [5, 5.41) is 0. The molecule has 2 aliphatic rings. The van der Waals surface area contributed by atoms with Gasteiger partial charge in [-0.25, -0.2) is 4.79 Å². The molecule has 2 aliphatic heterocycles. The minimum atomic E-state index is -3.56. The molecule has 1 unspecified atom stereocenters. The van der Waals surface area contributed by atoms with Gasteiger partial charge in [0.15, 0.2) is 0 Å². The summed E-state index contributed by atoms with van der Waals surface area (Å²) in [7, 11) is -0.855. The zero-order valence-corrected chi connectivity index (χ0v) is 17.3. The maximum absolute atomic E-state index is 13.0. The Hall–Kier alpha value is -1.60. The van der Waals surface area contributed by atoms with Crippen LogP contribution in [0.2, 0.25) is 0 Å². The number of ether oxygens (including phenoxy) is 1. The van der Waals surface area contributed by atoms with Crippen LogP contribution in [0.1, 0.15) is 85.1 Å². The Morgan fingerprint density at radius 2 is 1.96 bits per heavy atom. The van der Waals surface area contributed by atoms with Gasteiger partial charge in [0.05, 0.1) is 13.9 Å². The van der Waals surface area contributed by atoms with E-state index in [2.05, 4.69) is 4.98 Å². The van der Waals surface area contributed by atoms with Crippen LogP contribution >= 0.6 is 0 Å². The van der Waals surface area contributed by atoms with E-state index in [1.165, 1.54) is 33.0 Å². The molecule has 28 heavy (non-hydrogen) atoms. The van der Waals surface area contributed by atoms with Gasteiger partial charge < -0.3 is 18.9 Å². The zero-order valence-electron chi connectivity index (χ0n) is 26.3. The van der Waals surface area contributed by atoms with E-state index in [0.29, 0.717) is 5.46 Å². The molecular formula is C21H33BN2O4. The van der Waals surface area contributed by atoms with E-state index in [0.717, 1.165) is 6.07 Å². The monoisotopic (exact) mass is 397 g/mol. The molecule has 0 spiro atoms. The van der Waals surface area contributed by atoms with Crippen molar-refractivity contribution in [3.8, 4) is 0 Å². The molecule has 0 aromatic carbocycles. The Kier molecular flexibility index (Phi) is 3.19. The molecule has 2 saturated heterocycles. The molecule has 3 rings (SSSR count). The second kappa shape index (κ2) is 7.34. The maximum Gasteiger partial charge on any atom is 0.496 e. The molecule has 154 valence electrons. The molecule has 1 aromatic rings. The third-order valence-corrected chi connectivity index (χ3v) is 4.72. The van der Waals surface area contributed by atoms with Crippen LogP contribution in [0.4, 0.5) is 4.79 Å². The average Bonchev–Trinajstić information content (AvgIpc) is 2.91. The Morgan fingerprint density at radius 1 is 1.32 bits per heavy atom. The van der Waals surface area contributed by atoms with E-state index in [4.69, 9.17) is 26.4 Å². The highest BCUT2D eigenvalue weighted by molar-refractivity contribution is 6.62. The van der Waals surface area contributed by atoms with Crippen molar-refractivity contribution in [3.05, 3.63) is 24.0 Å². The molecular weight excluding hydrogens is 355 g/mol. The number of rotatable bonds is 2. The molecule has 0 saturated carbocycles. The summed E-state index contributed by atoms with van der Waals surface area (Å²) in [6.07, 6.45) is -7.44. The largest absolute Gasteiger partial charge is 0.496 e. The molecule has 0 N–H and O–H groups in total. The lowest BCUT2D eigenvalue weighted by molar-refractivity contribution is 0.00578. The number of piperidine rings is 1. The smallest absolute Gasteiger partial charge is 0.444 e. The van der Waals surface area contributed by atoms with E-state index >= 15 is 0 Å². The Balaban J connectivity index is 2.15. The van der Waals surface area contributed by atoms with Gasteiger partial charge in [0.2, 0.25) is 0 Å². The number of likely N-dealkylation sites (tertiary alicyclic amines) is 1. The van der Waals surface area contributed by atoms with Crippen molar-refractivity contribution in [2.75, 3.05) is 13.0 Å². The molecule has 3 heterocycles. The molecule has 0 aliphatic carbocycles. The third kappa shape index (κ3) is 4.52. The molecule has 1 amide bonds. The van der Waals surface area contributed by atoms with E-state index in [-0.39, 0.29) is 4.90 Å². The lowest BCUT2D eigenvalue weighted by Crippen LogP contribution is -2.42. The standard InChI is InChI=1S/C21H33BN2O4/c1-19(2,3)26-18(25)24-12-8-9-15(14-24)17-11-10-16(13-23-17)22-27-20(4,5)21(6,7)28-22/h10-11,13,15H,8-9,12,14H2,1-7H3/i8D2,9D2,12D2,14D2,15D. The summed E-state index contributed by atoms with van der Waals surface area (Å²) < 4.78 is 93.8. The molecule has 0 bridgehead atoms. The van der Waals surface area contributed by atoms with Gasteiger partial charge in [0.25, 0.3) is 0 Å². The number of hydrogen-bond acceptors (Lipinski definition) is 5. The maximum atomic E-state index is 13.0. The van der Waals surface area contributed by atoms with Gasteiger partial charge in [0, 0.05) is 45.8 Å². The Bertz CT molecular complexity index is 1060. The lowest BCUT2D eigenvalue weighted by Gasteiger charge is -2.34. The predicted molar refractivity (Wildman–Crippen MR) is 110 cm³/mol. The van der Waals surface area contributed by atoms with Crippen molar-refractivity contribution in [1.29, 1.82) is 0 Å². The summed E-state index contributed by atoms with van der Waals surface area (Å²) in [5.41, 5.74) is -2.71. The second-order valence-corrected chi connectivity index (χ2v) is 8.73. The second-order valence-electron chi connectivity index (χ2n) is 8.73. The molecule has 1 atom stereocenters. The number of aromatic nitrogens is 1. The predicted octanol–water partition coefficient (Wildman–Crippen LogP) is 3.50. The van der Waals surface area contributed by atoms with Crippen LogP contribution in [0.3, 0.4) is 0 Å². The highest BCUT2D eigenvalue weighted by atomic mass is 16.7. The first kappa shape index (κ1) is 12.2. The van der Waals surface area contributed by atoms with Crippen LogP contribution in [0.5, 0.6) is 0 Å². The first-order chi connectivity index (χ1) is 16.3. The highest BCUT2D eigenvalue weighted by Gasteiger charge is 2.51. The zero-order chi connectivity index (χ0) is 28.8. The van der Waals surface area contributed by atoms with Crippen LogP contribution < -0.4 is 5.46 Å². The summed E-state index contributed by atoms with van der Waals surface area (Å²) in [5.74, 6) is -3.22. The summed E-state index contributed by atoms with van der Waals surface area (Å²) >= 11 is 0. The van der Waals surface area contributed by atoms with Crippen LogP contribution in [0.15, 0.2) is 18.3 Å². The van der Waals surface area contributed by atoms with Gasteiger partial charge in [-0.3, -0.25) is 4.98 Å². The van der Waals surface area contributed by atoms with Crippen molar-refractivity contribution >= 4 is 18.7 Å². The SMILES string of the molecule is [2H]C1([2H])N(C(=O)OC(C)(C)C)C([2H])([2H])C([2H])(c2ccc(B3OC(C)(C)C(C)(C)O3)cn2)C([2H])([2H])C1([2H])[2H]. The number of pyridine rings is 1. The fourth-order valence-corrected chi connectivity index (χ4v) is 2.51. The molecule has 6 nitrogen and oxygen atoms in total. The molecule has 7 heteroatoms. The average molecular weight is 397 g/mol. The topological polar surface area (TPSA) is 60.9 Å².